The van der Waals surface area contributed by atoms with Crippen LogP contribution in [0, 0.1) is 11.6 Å². The molecule has 0 aliphatic heterocycles. The van der Waals surface area contributed by atoms with E-state index in [4.69, 9.17) is 5.11 Å². The van der Waals surface area contributed by atoms with Gasteiger partial charge in [-0.25, -0.2) is 21.9 Å². The Morgan fingerprint density at radius 1 is 1.04 bits per heavy atom. The summed E-state index contributed by atoms with van der Waals surface area (Å²) >= 11 is 0. The fourth-order valence-electron chi connectivity index (χ4n) is 2.21. The van der Waals surface area contributed by atoms with Gasteiger partial charge in [0.25, 0.3) is 0 Å². The van der Waals surface area contributed by atoms with Crippen molar-refractivity contribution in [2.45, 2.75) is 17.2 Å². The highest BCUT2D eigenvalue weighted by Crippen LogP contribution is 2.20. The van der Waals surface area contributed by atoms with Gasteiger partial charge in [-0.2, -0.15) is 0 Å². The lowest BCUT2D eigenvalue weighted by Crippen LogP contribution is -2.29. The van der Waals surface area contributed by atoms with Crippen LogP contribution in [0.3, 0.4) is 0 Å². The second kappa shape index (κ2) is 7.63. The normalized spacial score (nSPS) is 13.0. The molecule has 0 amide bonds. The highest BCUT2D eigenvalue weighted by atomic mass is 32.2. The number of hydrogen-bond acceptors (Lipinski definition) is 3. The van der Waals surface area contributed by atoms with Crippen LogP contribution >= 0.6 is 0 Å². The summed E-state index contributed by atoms with van der Waals surface area (Å²) in [5.74, 6) is -2.55. The van der Waals surface area contributed by atoms with Gasteiger partial charge in [-0.15, -0.1) is 0 Å². The van der Waals surface area contributed by atoms with E-state index in [0.717, 1.165) is 17.7 Å². The molecule has 1 unspecified atom stereocenters. The van der Waals surface area contributed by atoms with Crippen LogP contribution in [-0.4, -0.2) is 26.7 Å². The van der Waals surface area contributed by atoms with Gasteiger partial charge in [0.15, 0.2) is 11.6 Å². The topological polar surface area (TPSA) is 66.4 Å². The molecule has 0 fully saturated rings. The lowest BCUT2D eigenvalue weighted by molar-refractivity contribution is 0.275. The van der Waals surface area contributed by atoms with E-state index in [2.05, 4.69) is 4.72 Å². The molecule has 0 saturated carbocycles. The Kier molecular flexibility index (Phi) is 5.81. The Morgan fingerprint density at radius 2 is 1.74 bits per heavy atom. The first-order valence-electron chi connectivity index (χ1n) is 7.04. The summed E-state index contributed by atoms with van der Waals surface area (Å²) in [6.07, 6.45) is 0.379. The number of hydrogen-bond donors (Lipinski definition) is 2. The van der Waals surface area contributed by atoms with E-state index in [1.807, 2.05) is 30.3 Å². The summed E-state index contributed by atoms with van der Waals surface area (Å²) in [7, 11) is -3.96. The molecule has 23 heavy (non-hydrogen) atoms. The minimum Gasteiger partial charge on any atom is -0.396 e. The molecule has 0 aliphatic carbocycles. The van der Waals surface area contributed by atoms with Crippen molar-refractivity contribution in [1.29, 1.82) is 0 Å². The molecule has 4 nitrogen and oxygen atoms in total. The van der Waals surface area contributed by atoms with E-state index in [0.29, 0.717) is 12.5 Å². The maximum absolute atomic E-state index is 13.2. The van der Waals surface area contributed by atoms with Crippen LogP contribution in [0.4, 0.5) is 8.78 Å². The molecule has 0 bridgehead atoms. The predicted molar refractivity (Wildman–Crippen MR) is 82.4 cm³/mol. The molecular weight excluding hydrogens is 324 g/mol. The summed E-state index contributed by atoms with van der Waals surface area (Å²) in [5, 5.41) is 9.14. The van der Waals surface area contributed by atoms with Crippen molar-refractivity contribution in [3.05, 3.63) is 65.7 Å². The molecule has 1 atom stereocenters. The Bertz CT molecular complexity index is 751. The van der Waals surface area contributed by atoms with Crippen molar-refractivity contribution in [1.82, 2.24) is 4.72 Å². The van der Waals surface area contributed by atoms with Crippen molar-refractivity contribution < 1.29 is 22.3 Å². The van der Waals surface area contributed by atoms with Gasteiger partial charge in [-0.05, 0) is 36.1 Å². The smallest absolute Gasteiger partial charge is 0.240 e. The highest BCUT2D eigenvalue weighted by molar-refractivity contribution is 7.89. The van der Waals surface area contributed by atoms with Crippen LogP contribution in [0.5, 0.6) is 0 Å². The maximum Gasteiger partial charge on any atom is 0.240 e. The van der Waals surface area contributed by atoms with Gasteiger partial charge in [0.1, 0.15) is 0 Å². The second-order valence-corrected chi connectivity index (χ2v) is 6.81. The molecule has 0 aliphatic rings. The van der Waals surface area contributed by atoms with Gasteiger partial charge in [0, 0.05) is 13.2 Å². The lowest BCUT2D eigenvalue weighted by atomic mass is 9.96. The quantitative estimate of drug-likeness (QED) is 0.813. The first kappa shape index (κ1) is 17.5. The zero-order valence-electron chi connectivity index (χ0n) is 12.2. The van der Waals surface area contributed by atoms with E-state index < -0.39 is 21.7 Å². The number of aliphatic hydroxyl groups is 1. The number of sulfonamides is 1. The number of aliphatic hydroxyl groups excluding tert-OH is 1. The molecule has 2 rings (SSSR count). The number of nitrogens with one attached hydrogen (secondary N) is 1. The SMILES string of the molecule is O=S(=O)(NCC(CCO)c1ccccc1)c1ccc(F)c(F)c1. The second-order valence-electron chi connectivity index (χ2n) is 5.05. The van der Waals surface area contributed by atoms with Crippen LogP contribution in [0.2, 0.25) is 0 Å². The average molecular weight is 341 g/mol. The summed E-state index contributed by atoms with van der Waals surface area (Å²) in [4.78, 5) is -0.341. The number of rotatable bonds is 7. The molecule has 0 heterocycles. The summed E-state index contributed by atoms with van der Waals surface area (Å²) in [6.45, 7) is -0.0433. The number of halogens is 2. The van der Waals surface area contributed by atoms with Crippen LogP contribution in [0.15, 0.2) is 53.4 Å². The molecule has 2 aromatic carbocycles. The third-order valence-electron chi connectivity index (χ3n) is 3.47. The van der Waals surface area contributed by atoms with Gasteiger partial charge in [0.2, 0.25) is 10.0 Å². The van der Waals surface area contributed by atoms with E-state index in [1.165, 1.54) is 0 Å². The monoisotopic (exact) mass is 341 g/mol. The van der Waals surface area contributed by atoms with Gasteiger partial charge < -0.3 is 5.11 Å². The van der Waals surface area contributed by atoms with Gasteiger partial charge in [-0.3, -0.25) is 0 Å². The van der Waals surface area contributed by atoms with Crippen LogP contribution < -0.4 is 4.72 Å². The largest absolute Gasteiger partial charge is 0.396 e. The third kappa shape index (κ3) is 4.57. The lowest BCUT2D eigenvalue weighted by Gasteiger charge is -2.17. The first-order valence-corrected chi connectivity index (χ1v) is 8.53. The van der Waals surface area contributed by atoms with Crippen molar-refractivity contribution in [3.63, 3.8) is 0 Å². The summed E-state index contributed by atoms with van der Waals surface area (Å²) in [6, 6.07) is 11.6. The molecule has 0 spiro atoms. The van der Waals surface area contributed by atoms with E-state index in [-0.39, 0.29) is 24.0 Å². The molecule has 0 saturated heterocycles. The van der Waals surface area contributed by atoms with E-state index in [1.54, 1.807) is 0 Å². The zero-order valence-corrected chi connectivity index (χ0v) is 13.1. The Morgan fingerprint density at radius 3 is 2.35 bits per heavy atom. The Balaban J connectivity index is 2.14. The van der Waals surface area contributed by atoms with Crippen molar-refractivity contribution in [2.75, 3.05) is 13.2 Å². The third-order valence-corrected chi connectivity index (χ3v) is 4.89. The number of benzene rings is 2. The molecule has 124 valence electrons. The average Bonchev–Trinajstić information content (AvgIpc) is 2.54. The van der Waals surface area contributed by atoms with Crippen molar-refractivity contribution in [3.8, 4) is 0 Å². The predicted octanol–water partition coefficient (Wildman–Crippen LogP) is 2.41. The van der Waals surface area contributed by atoms with Gasteiger partial charge >= 0.3 is 0 Å². The van der Waals surface area contributed by atoms with Gasteiger partial charge in [-0.1, -0.05) is 30.3 Å². The van der Waals surface area contributed by atoms with Crippen molar-refractivity contribution in [2.24, 2.45) is 0 Å². The molecule has 0 aromatic heterocycles. The molecule has 7 heteroatoms. The summed E-state index contributed by atoms with van der Waals surface area (Å²) < 4.78 is 52.8. The fourth-order valence-corrected chi connectivity index (χ4v) is 3.30. The molecule has 2 aromatic rings. The maximum atomic E-state index is 13.2. The molecule has 2 N–H and O–H groups in total. The van der Waals surface area contributed by atoms with E-state index in [9.17, 15) is 17.2 Å². The zero-order chi connectivity index (χ0) is 16.9. The highest BCUT2D eigenvalue weighted by Gasteiger charge is 2.19. The Labute approximate surface area is 133 Å². The van der Waals surface area contributed by atoms with E-state index >= 15 is 0 Å². The standard InChI is InChI=1S/C16H17F2NO3S/c17-15-7-6-14(10-16(15)18)23(21,22)19-11-13(8-9-20)12-4-2-1-3-5-12/h1-7,10,13,19-20H,8-9,11H2. The van der Waals surface area contributed by atoms with Crippen LogP contribution in [-0.2, 0) is 10.0 Å². The van der Waals surface area contributed by atoms with Crippen LogP contribution in [0.1, 0.15) is 17.9 Å². The minimum absolute atomic E-state index is 0.0475. The first-order chi connectivity index (χ1) is 10.9. The fraction of sp³-hybridized carbons (Fsp3) is 0.250. The molecular formula is C16H17F2NO3S. The summed E-state index contributed by atoms with van der Waals surface area (Å²) in [5.41, 5.74) is 0.884. The van der Waals surface area contributed by atoms with Crippen molar-refractivity contribution >= 4 is 10.0 Å². The molecule has 0 radical (unpaired) electrons. The Hall–Kier alpha value is -1.83. The van der Waals surface area contributed by atoms with Gasteiger partial charge in [0.05, 0.1) is 4.90 Å². The minimum atomic E-state index is -3.96. The van der Waals surface area contributed by atoms with Crippen LogP contribution in [0.25, 0.3) is 0 Å².